The van der Waals surface area contributed by atoms with Gasteiger partial charge in [0.15, 0.2) is 17.5 Å². The molecular weight excluding hydrogens is 661 g/mol. The Morgan fingerprint density at radius 3 is 1.86 bits per heavy atom. The van der Waals surface area contributed by atoms with Gasteiger partial charge in [0, 0.05) is 67.8 Å². The van der Waals surface area contributed by atoms with Crippen LogP contribution in [0, 0.1) is 0 Å². The maximum Gasteiger partial charge on any atom is 0.164 e. The lowest BCUT2D eigenvalue weighted by atomic mass is 10.1. The third-order valence-corrected chi connectivity index (χ3v) is 11.6. The van der Waals surface area contributed by atoms with Crippen molar-refractivity contribution in [2.45, 2.75) is 0 Å². The number of hydrogen-bond donors (Lipinski definition) is 0. The molecule has 0 aliphatic rings. The number of para-hydroxylation sites is 2. The fourth-order valence-electron chi connectivity index (χ4n) is 7.14. The van der Waals surface area contributed by atoms with E-state index in [1.54, 1.807) is 17.4 Å². The number of thiophene rings is 2. The molecule has 0 saturated carbocycles. The number of nitrogens with zero attached hydrogens (tertiary/aromatic N) is 4. The van der Waals surface area contributed by atoms with Crippen LogP contribution in [0.15, 0.2) is 158 Å². The first-order valence-corrected chi connectivity index (χ1v) is 18.2. The van der Waals surface area contributed by atoms with Crippen molar-refractivity contribution in [3.8, 4) is 39.9 Å². The van der Waals surface area contributed by atoms with Gasteiger partial charge in [-0.25, -0.2) is 15.0 Å². The van der Waals surface area contributed by atoms with Crippen molar-refractivity contribution in [2.75, 3.05) is 0 Å². The van der Waals surface area contributed by atoms with E-state index in [4.69, 9.17) is 16.3 Å². The van der Waals surface area contributed by atoms with Crippen molar-refractivity contribution in [3.05, 3.63) is 158 Å². The largest absolute Gasteiger partial charge is 0.309 e. The molecule has 4 aromatic heterocycles. The van der Waals surface area contributed by atoms with E-state index in [0.717, 1.165) is 43.0 Å². The Labute approximate surface area is 307 Å². The molecule has 238 valence electrons. The second-order valence-electron chi connectivity index (χ2n) is 12.4. The van der Waals surface area contributed by atoms with E-state index >= 15 is 0 Å². The van der Waals surface area contributed by atoms with E-state index in [2.05, 4.69) is 24.3 Å². The minimum absolute atomic E-state index is 0.00969. The van der Waals surface area contributed by atoms with E-state index in [1.807, 2.05) is 102 Å². The summed E-state index contributed by atoms with van der Waals surface area (Å²) in [7, 11) is 0. The lowest BCUT2D eigenvalue weighted by Crippen LogP contribution is -2.00. The maximum absolute atomic E-state index is 9.69. The van der Waals surface area contributed by atoms with Gasteiger partial charge in [-0.3, -0.25) is 0 Å². The summed E-state index contributed by atoms with van der Waals surface area (Å²) in [6, 6.07) is 41.4. The van der Waals surface area contributed by atoms with Gasteiger partial charge < -0.3 is 4.57 Å². The minimum atomic E-state index is -0.187. The van der Waals surface area contributed by atoms with Crippen molar-refractivity contribution in [1.29, 1.82) is 0 Å². The molecule has 4 nitrogen and oxygen atoms in total. The third-order valence-electron chi connectivity index (χ3n) is 9.45. The molecule has 0 N–H and O–H groups in total. The summed E-state index contributed by atoms with van der Waals surface area (Å²) in [4.78, 5) is 14.7. The average Bonchev–Trinajstić information content (AvgIpc) is 3.91. The number of hydrogen-bond acceptors (Lipinski definition) is 5. The summed E-state index contributed by atoms with van der Waals surface area (Å²) in [6.45, 7) is 0. The fourth-order valence-corrected chi connectivity index (χ4v) is 9.33. The number of rotatable bonds is 4. The topological polar surface area (TPSA) is 43.6 Å². The smallest absolute Gasteiger partial charge is 0.164 e. The van der Waals surface area contributed by atoms with E-state index in [0.29, 0.717) is 37.5 Å². The lowest BCUT2D eigenvalue weighted by molar-refractivity contribution is 1.08. The van der Waals surface area contributed by atoms with Crippen LogP contribution >= 0.6 is 22.7 Å². The van der Waals surface area contributed by atoms with Crippen LogP contribution in [-0.2, 0) is 0 Å². The zero-order valence-electron chi connectivity index (χ0n) is 31.7. The van der Waals surface area contributed by atoms with Gasteiger partial charge in [-0.05, 0) is 42.4 Å². The van der Waals surface area contributed by atoms with Crippen molar-refractivity contribution < 1.29 is 6.85 Å². The van der Waals surface area contributed by atoms with Gasteiger partial charge in [0.1, 0.15) is 0 Å². The summed E-state index contributed by atoms with van der Waals surface area (Å²) < 4.78 is 52.4. The molecule has 0 spiro atoms. The molecule has 0 aliphatic carbocycles. The van der Waals surface area contributed by atoms with Gasteiger partial charge in [0.2, 0.25) is 0 Å². The molecule has 11 rings (SSSR count). The predicted molar refractivity (Wildman–Crippen MR) is 216 cm³/mol. The summed E-state index contributed by atoms with van der Waals surface area (Å²) in [5.41, 5.74) is 3.87. The molecule has 0 fully saturated rings. The summed E-state index contributed by atoms with van der Waals surface area (Å²) >= 11 is 2.99. The van der Waals surface area contributed by atoms with Crippen LogP contribution < -0.4 is 0 Å². The standard InChI is InChI=1S/C45H26N4S2/c1-2-11-27(12-3-1)43-46-44(28-21-23-33-32-15-6-9-19-38(32)50-40(33)25-28)48-45(47-43)29-22-24-34-41(26-29)51-39-20-10-18-37(42(34)39)49-35-16-7-4-13-30(35)31-14-5-8-17-36(31)49/h1-26H/i10D,18D,22D,24D,26D. The normalized spacial score (nSPS) is 13.3. The van der Waals surface area contributed by atoms with Crippen molar-refractivity contribution >= 4 is 84.8 Å². The molecule has 0 unspecified atom stereocenters. The Kier molecular flexibility index (Phi) is 5.25. The molecule has 6 heteroatoms. The van der Waals surface area contributed by atoms with Crippen LogP contribution in [-0.4, -0.2) is 19.5 Å². The zero-order valence-corrected chi connectivity index (χ0v) is 28.4. The Hall–Kier alpha value is -6.21. The Morgan fingerprint density at radius 2 is 1.08 bits per heavy atom. The second kappa shape index (κ2) is 11.2. The average molecular weight is 692 g/mol. The van der Waals surface area contributed by atoms with E-state index in [1.165, 1.54) is 21.4 Å². The SMILES string of the molecule is [2H]c1cc2sc3c([2H])c(-c4nc(-c5ccccc5)nc(-c5ccc6c(c5)sc5ccccc56)n4)c([2H])c([2H])c3c2c(-n2c3ccccc3c3ccccc32)c1[2H]. The lowest BCUT2D eigenvalue weighted by Gasteiger charge is -2.10. The third kappa shape index (κ3) is 4.47. The highest BCUT2D eigenvalue weighted by Gasteiger charge is 2.19. The summed E-state index contributed by atoms with van der Waals surface area (Å²) in [5.74, 6) is 0.939. The molecule has 0 amide bonds. The molecule has 11 aromatic rings. The van der Waals surface area contributed by atoms with E-state index in [9.17, 15) is 5.48 Å². The van der Waals surface area contributed by atoms with Crippen LogP contribution in [0.5, 0.6) is 0 Å². The van der Waals surface area contributed by atoms with Gasteiger partial charge in [0.05, 0.1) is 23.6 Å². The monoisotopic (exact) mass is 691 g/mol. The zero-order chi connectivity index (χ0) is 37.8. The molecule has 0 saturated heterocycles. The highest BCUT2D eigenvalue weighted by molar-refractivity contribution is 7.26. The summed E-state index contributed by atoms with van der Waals surface area (Å²) in [6.07, 6.45) is 0. The number of fused-ring (bicyclic) bond motifs is 9. The van der Waals surface area contributed by atoms with Crippen molar-refractivity contribution in [1.82, 2.24) is 19.5 Å². The van der Waals surface area contributed by atoms with E-state index < -0.39 is 0 Å². The van der Waals surface area contributed by atoms with Crippen molar-refractivity contribution in [3.63, 3.8) is 0 Å². The number of benzene rings is 7. The number of aromatic nitrogens is 4. The Bertz CT molecular complexity index is 3390. The van der Waals surface area contributed by atoms with Gasteiger partial charge in [-0.1, -0.05) is 115 Å². The molecule has 0 bridgehead atoms. The van der Waals surface area contributed by atoms with Crippen LogP contribution in [0.2, 0.25) is 0 Å². The Balaban J connectivity index is 1.18. The first-order valence-electron chi connectivity index (χ1n) is 19.0. The molecule has 7 aromatic carbocycles. The molecule has 51 heavy (non-hydrogen) atoms. The highest BCUT2D eigenvalue weighted by Crippen LogP contribution is 2.42. The predicted octanol–water partition coefficient (Wildman–Crippen LogP) is 12.7. The second-order valence-corrected chi connectivity index (χ2v) is 14.5. The first kappa shape index (κ1) is 24.0. The van der Waals surface area contributed by atoms with E-state index in [-0.39, 0.29) is 41.6 Å². The van der Waals surface area contributed by atoms with Gasteiger partial charge in [-0.2, -0.15) is 0 Å². The molecule has 0 atom stereocenters. The van der Waals surface area contributed by atoms with Gasteiger partial charge >= 0.3 is 0 Å². The van der Waals surface area contributed by atoms with Crippen LogP contribution in [0.3, 0.4) is 0 Å². The van der Waals surface area contributed by atoms with Gasteiger partial charge in [-0.15, -0.1) is 22.7 Å². The van der Waals surface area contributed by atoms with Crippen molar-refractivity contribution in [2.24, 2.45) is 0 Å². The molecule has 0 radical (unpaired) electrons. The van der Waals surface area contributed by atoms with Crippen LogP contribution in [0.25, 0.3) is 102 Å². The van der Waals surface area contributed by atoms with Crippen LogP contribution in [0.1, 0.15) is 6.85 Å². The highest BCUT2D eigenvalue weighted by atomic mass is 32.1. The molecular formula is C45H26N4S2. The van der Waals surface area contributed by atoms with Crippen LogP contribution in [0.4, 0.5) is 0 Å². The molecule has 4 heterocycles. The van der Waals surface area contributed by atoms with Gasteiger partial charge in [0.25, 0.3) is 0 Å². The Morgan fingerprint density at radius 1 is 0.451 bits per heavy atom. The fraction of sp³-hybridized carbons (Fsp3) is 0. The quantitative estimate of drug-likeness (QED) is 0.184. The molecule has 0 aliphatic heterocycles. The minimum Gasteiger partial charge on any atom is -0.309 e. The first-order chi connectivity index (χ1) is 27.4. The summed E-state index contributed by atoms with van der Waals surface area (Å²) in [5, 5.41) is 5.33. The maximum atomic E-state index is 9.69.